The highest BCUT2D eigenvalue weighted by Crippen LogP contribution is 2.27. The van der Waals surface area contributed by atoms with Crippen molar-refractivity contribution in [1.29, 1.82) is 0 Å². The first-order valence-electron chi connectivity index (χ1n) is 6.55. The molecule has 21 heavy (non-hydrogen) atoms. The van der Waals surface area contributed by atoms with Crippen LogP contribution in [0.15, 0.2) is 42.7 Å². The molecule has 0 radical (unpaired) electrons. The lowest BCUT2D eigenvalue weighted by Gasteiger charge is -2.10. The van der Waals surface area contributed by atoms with Crippen LogP contribution in [0.3, 0.4) is 0 Å². The number of nitrogens with one attached hydrogen (secondary N) is 2. The van der Waals surface area contributed by atoms with Crippen LogP contribution in [-0.4, -0.2) is 17.6 Å². The minimum atomic E-state index is -0.306. The van der Waals surface area contributed by atoms with E-state index in [9.17, 15) is 4.79 Å². The Morgan fingerprint density at radius 1 is 1.38 bits per heavy atom. The van der Waals surface area contributed by atoms with E-state index in [4.69, 9.17) is 16.3 Å². The third kappa shape index (κ3) is 4.65. The monoisotopic (exact) mass is 305 g/mol. The number of pyridine rings is 1. The molecule has 2 N–H and O–H groups in total. The highest BCUT2D eigenvalue weighted by Gasteiger charge is 2.05. The summed E-state index contributed by atoms with van der Waals surface area (Å²) < 4.78 is 5.33. The summed E-state index contributed by atoms with van der Waals surface area (Å²) in [4.78, 5) is 15.8. The summed E-state index contributed by atoms with van der Waals surface area (Å²) in [6.07, 6.45) is 3.39. The number of amides is 2. The number of halogens is 1. The van der Waals surface area contributed by atoms with Gasteiger partial charge in [0.25, 0.3) is 0 Å². The molecule has 0 saturated heterocycles. The molecule has 0 aliphatic rings. The van der Waals surface area contributed by atoms with Crippen LogP contribution >= 0.6 is 11.6 Å². The van der Waals surface area contributed by atoms with Gasteiger partial charge in [-0.25, -0.2) is 4.79 Å². The van der Waals surface area contributed by atoms with E-state index in [2.05, 4.69) is 15.6 Å². The summed E-state index contributed by atoms with van der Waals surface area (Å²) in [5.41, 5.74) is 1.53. The number of hydrogen-bond donors (Lipinski definition) is 2. The van der Waals surface area contributed by atoms with E-state index in [-0.39, 0.29) is 6.03 Å². The predicted octanol–water partition coefficient (Wildman–Crippen LogP) is 3.46. The number of nitrogens with zero attached hydrogens (tertiary/aromatic N) is 1. The van der Waals surface area contributed by atoms with E-state index in [0.717, 1.165) is 5.56 Å². The highest BCUT2D eigenvalue weighted by molar-refractivity contribution is 6.32. The lowest BCUT2D eigenvalue weighted by atomic mass is 10.3. The molecule has 2 aromatic rings. The normalized spacial score (nSPS) is 10.0. The summed E-state index contributed by atoms with van der Waals surface area (Å²) in [6, 6.07) is 8.51. The van der Waals surface area contributed by atoms with Gasteiger partial charge in [-0.3, -0.25) is 4.98 Å². The van der Waals surface area contributed by atoms with Gasteiger partial charge in [-0.1, -0.05) is 17.7 Å². The highest BCUT2D eigenvalue weighted by atomic mass is 35.5. The van der Waals surface area contributed by atoms with Crippen LogP contribution in [0.25, 0.3) is 0 Å². The molecule has 6 heteroatoms. The molecular formula is C15H16ClN3O2. The Morgan fingerprint density at radius 2 is 2.24 bits per heavy atom. The third-order valence-electron chi connectivity index (χ3n) is 2.67. The van der Waals surface area contributed by atoms with Gasteiger partial charge in [-0.2, -0.15) is 0 Å². The molecule has 2 rings (SSSR count). The Labute approximate surface area is 128 Å². The summed E-state index contributed by atoms with van der Waals surface area (Å²) in [7, 11) is 0. The molecule has 0 saturated carbocycles. The van der Waals surface area contributed by atoms with Crippen molar-refractivity contribution in [1.82, 2.24) is 10.3 Å². The van der Waals surface area contributed by atoms with Gasteiger partial charge in [-0.15, -0.1) is 0 Å². The van der Waals surface area contributed by atoms with Crippen LogP contribution in [-0.2, 0) is 6.54 Å². The summed E-state index contributed by atoms with van der Waals surface area (Å²) in [5, 5.41) is 5.91. The molecule has 1 aromatic carbocycles. The second-order valence-electron chi connectivity index (χ2n) is 4.25. The number of ether oxygens (including phenoxy) is 1. The molecule has 0 fully saturated rings. The predicted molar refractivity (Wildman–Crippen MR) is 82.7 cm³/mol. The van der Waals surface area contributed by atoms with Gasteiger partial charge >= 0.3 is 6.03 Å². The quantitative estimate of drug-likeness (QED) is 0.889. The maximum absolute atomic E-state index is 11.8. The Bertz CT molecular complexity index is 605. The third-order valence-corrected chi connectivity index (χ3v) is 2.96. The Hall–Kier alpha value is -2.27. The van der Waals surface area contributed by atoms with Crippen molar-refractivity contribution < 1.29 is 9.53 Å². The molecule has 110 valence electrons. The maximum Gasteiger partial charge on any atom is 0.319 e. The minimum absolute atomic E-state index is 0.306. The number of carbonyl (C=O) groups excluding carboxylic acids is 1. The molecule has 2 amide bonds. The van der Waals surface area contributed by atoms with Gasteiger partial charge in [0.2, 0.25) is 0 Å². The molecule has 0 unspecified atom stereocenters. The Kier molecular flexibility index (Phi) is 5.40. The molecule has 1 heterocycles. The fourth-order valence-corrected chi connectivity index (χ4v) is 1.95. The largest absolute Gasteiger partial charge is 0.492 e. The van der Waals surface area contributed by atoms with Crippen LogP contribution < -0.4 is 15.4 Å². The van der Waals surface area contributed by atoms with Crippen LogP contribution in [0.2, 0.25) is 5.02 Å². The lowest BCUT2D eigenvalue weighted by molar-refractivity contribution is 0.251. The van der Waals surface area contributed by atoms with Gasteiger partial charge in [0, 0.05) is 24.6 Å². The van der Waals surface area contributed by atoms with Crippen LogP contribution in [0.4, 0.5) is 10.5 Å². The number of carbonyl (C=O) groups is 1. The number of anilines is 1. The first-order valence-corrected chi connectivity index (χ1v) is 6.93. The van der Waals surface area contributed by atoms with E-state index < -0.39 is 0 Å². The number of hydrogen-bond acceptors (Lipinski definition) is 3. The average molecular weight is 306 g/mol. The molecule has 0 aliphatic carbocycles. The second-order valence-corrected chi connectivity index (χ2v) is 4.65. The van der Waals surface area contributed by atoms with Crippen molar-refractivity contribution in [3.8, 4) is 5.75 Å². The zero-order valence-electron chi connectivity index (χ0n) is 11.6. The van der Waals surface area contributed by atoms with Gasteiger partial charge in [-0.05, 0) is 36.8 Å². The topological polar surface area (TPSA) is 63.2 Å². The first-order chi connectivity index (χ1) is 10.2. The molecule has 5 nitrogen and oxygen atoms in total. The SMILES string of the molecule is CCOc1ccc(NC(=O)NCc2cccnc2)cc1Cl. The molecule has 0 bridgehead atoms. The molecule has 0 atom stereocenters. The van der Waals surface area contributed by atoms with Crippen molar-refractivity contribution >= 4 is 23.3 Å². The Balaban J connectivity index is 1.89. The zero-order valence-corrected chi connectivity index (χ0v) is 12.4. The number of rotatable bonds is 5. The van der Waals surface area contributed by atoms with E-state index in [1.54, 1.807) is 30.6 Å². The van der Waals surface area contributed by atoms with Crippen molar-refractivity contribution in [2.45, 2.75) is 13.5 Å². The van der Waals surface area contributed by atoms with E-state index in [1.165, 1.54) is 0 Å². The van der Waals surface area contributed by atoms with Crippen LogP contribution in [0.5, 0.6) is 5.75 Å². The molecule has 0 spiro atoms. The standard InChI is InChI=1S/C15H16ClN3O2/c1-2-21-14-6-5-12(8-13(14)16)19-15(20)18-10-11-4-3-7-17-9-11/h3-9H,2,10H2,1H3,(H2,18,19,20). The minimum Gasteiger partial charge on any atom is -0.492 e. The smallest absolute Gasteiger partial charge is 0.319 e. The number of urea groups is 1. The van der Waals surface area contributed by atoms with Crippen LogP contribution in [0.1, 0.15) is 12.5 Å². The van der Waals surface area contributed by atoms with Gasteiger partial charge in [0.05, 0.1) is 11.6 Å². The fraction of sp³-hybridized carbons (Fsp3) is 0.200. The van der Waals surface area contributed by atoms with Crippen molar-refractivity contribution in [3.05, 3.63) is 53.3 Å². The van der Waals surface area contributed by atoms with Crippen molar-refractivity contribution in [2.75, 3.05) is 11.9 Å². The molecule has 0 aliphatic heterocycles. The Morgan fingerprint density at radius 3 is 2.90 bits per heavy atom. The maximum atomic E-state index is 11.8. The number of aromatic nitrogens is 1. The van der Waals surface area contributed by atoms with Gasteiger partial charge < -0.3 is 15.4 Å². The second kappa shape index (κ2) is 7.50. The van der Waals surface area contributed by atoms with E-state index in [1.807, 2.05) is 19.1 Å². The van der Waals surface area contributed by atoms with Gasteiger partial charge in [0.15, 0.2) is 0 Å². The number of benzene rings is 1. The van der Waals surface area contributed by atoms with Crippen molar-refractivity contribution in [3.63, 3.8) is 0 Å². The molecule has 1 aromatic heterocycles. The average Bonchev–Trinajstić information content (AvgIpc) is 2.49. The van der Waals surface area contributed by atoms with Crippen LogP contribution in [0, 0.1) is 0 Å². The summed E-state index contributed by atoms with van der Waals surface area (Å²) >= 11 is 6.06. The van der Waals surface area contributed by atoms with E-state index >= 15 is 0 Å². The zero-order chi connectivity index (χ0) is 15.1. The molecular weight excluding hydrogens is 290 g/mol. The summed E-state index contributed by atoms with van der Waals surface area (Å²) in [5.74, 6) is 0.598. The summed E-state index contributed by atoms with van der Waals surface area (Å²) in [6.45, 7) is 2.83. The van der Waals surface area contributed by atoms with Crippen molar-refractivity contribution in [2.24, 2.45) is 0 Å². The lowest BCUT2D eigenvalue weighted by Crippen LogP contribution is -2.28. The first kappa shape index (κ1) is 15.1. The van der Waals surface area contributed by atoms with E-state index in [0.29, 0.717) is 29.6 Å². The fourth-order valence-electron chi connectivity index (χ4n) is 1.71. The van der Waals surface area contributed by atoms with Gasteiger partial charge in [0.1, 0.15) is 5.75 Å².